The Hall–Kier alpha value is -3.09. The summed E-state index contributed by atoms with van der Waals surface area (Å²) in [5.74, 6) is 0.965. The van der Waals surface area contributed by atoms with Gasteiger partial charge in [0.15, 0.2) is 11.6 Å². The van der Waals surface area contributed by atoms with Crippen molar-refractivity contribution in [3.8, 4) is 5.75 Å². The van der Waals surface area contributed by atoms with E-state index in [1.54, 1.807) is 12.3 Å². The molecule has 1 aromatic carbocycles. The number of rotatable bonds is 4. The number of amides is 2. The number of piperidine rings is 1. The summed E-state index contributed by atoms with van der Waals surface area (Å²) in [5.41, 5.74) is 7.18. The third kappa shape index (κ3) is 3.72. The van der Waals surface area contributed by atoms with E-state index in [1.165, 1.54) is 6.42 Å². The van der Waals surface area contributed by atoms with Gasteiger partial charge in [0.2, 0.25) is 5.91 Å². The van der Waals surface area contributed by atoms with E-state index in [1.807, 2.05) is 43.0 Å². The zero-order valence-corrected chi connectivity index (χ0v) is 17.6. The fraction of sp³-hybridized carbons (Fsp3) is 0.435. The summed E-state index contributed by atoms with van der Waals surface area (Å²) < 4.78 is 5.83. The van der Waals surface area contributed by atoms with Crippen LogP contribution in [0.2, 0.25) is 0 Å². The fourth-order valence-electron chi connectivity index (χ4n) is 3.95. The highest BCUT2D eigenvalue weighted by Gasteiger charge is 2.28. The zero-order valence-electron chi connectivity index (χ0n) is 17.6. The normalized spacial score (nSPS) is 16.6. The molecule has 0 radical (unpaired) electrons. The monoisotopic (exact) mass is 408 g/mol. The number of ether oxygens (including phenoxy) is 1. The second-order valence-corrected chi connectivity index (χ2v) is 8.43. The van der Waals surface area contributed by atoms with Crippen molar-refractivity contribution in [1.29, 1.82) is 0 Å². The van der Waals surface area contributed by atoms with Crippen LogP contribution in [0.3, 0.4) is 0 Å². The molecule has 0 aliphatic carbocycles. The number of hydrogen-bond donors (Lipinski definition) is 1. The van der Waals surface area contributed by atoms with Gasteiger partial charge >= 0.3 is 0 Å². The first-order chi connectivity index (χ1) is 14.4. The molecule has 1 fully saturated rings. The maximum Gasteiger partial charge on any atom is 0.255 e. The summed E-state index contributed by atoms with van der Waals surface area (Å²) in [4.78, 5) is 33.1. The minimum atomic E-state index is -0.733. The SMILES string of the molecule is CC(C)(C(N)=O)c1ccc(N2CCOc3cc(C(=O)N4CCCCC4)cnc32)cc1. The standard InChI is InChI=1S/C23H28N4O3/c1-23(2,22(24)29)17-6-8-18(9-7-17)27-12-13-30-19-14-16(15-25-20(19)27)21(28)26-10-4-3-5-11-26/h6-9,14-15H,3-5,10-13H2,1-2H3,(H2,24,29). The van der Waals surface area contributed by atoms with Crippen molar-refractivity contribution in [2.24, 2.45) is 5.73 Å². The average Bonchev–Trinajstić information content (AvgIpc) is 2.78. The molecule has 0 unspecified atom stereocenters. The van der Waals surface area contributed by atoms with Gasteiger partial charge in [-0.1, -0.05) is 12.1 Å². The van der Waals surface area contributed by atoms with E-state index in [-0.39, 0.29) is 11.8 Å². The number of likely N-dealkylation sites (tertiary alicyclic amines) is 1. The molecular formula is C23H28N4O3. The summed E-state index contributed by atoms with van der Waals surface area (Å²) in [6.07, 6.45) is 4.93. The van der Waals surface area contributed by atoms with Crippen LogP contribution in [0, 0.1) is 0 Å². The number of aromatic nitrogens is 1. The van der Waals surface area contributed by atoms with Crippen molar-refractivity contribution in [2.45, 2.75) is 38.5 Å². The van der Waals surface area contributed by atoms with Crippen LogP contribution in [-0.2, 0) is 10.2 Å². The Bertz CT molecular complexity index is 949. The van der Waals surface area contributed by atoms with Crippen molar-refractivity contribution >= 4 is 23.3 Å². The Labute approximate surface area is 176 Å². The van der Waals surface area contributed by atoms with E-state index in [4.69, 9.17) is 10.5 Å². The fourth-order valence-corrected chi connectivity index (χ4v) is 3.95. The maximum absolute atomic E-state index is 12.8. The summed E-state index contributed by atoms with van der Waals surface area (Å²) >= 11 is 0. The number of pyridine rings is 1. The molecule has 2 amide bonds. The minimum Gasteiger partial charge on any atom is -0.488 e. The highest BCUT2D eigenvalue weighted by atomic mass is 16.5. The molecule has 30 heavy (non-hydrogen) atoms. The van der Waals surface area contributed by atoms with E-state index in [0.29, 0.717) is 30.3 Å². The number of carbonyl (C=O) groups excluding carboxylic acids is 2. The van der Waals surface area contributed by atoms with Gasteiger partial charge < -0.3 is 20.3 Å². The van der Waals surface area contributed by atoms with Gasteiger partial charge in [-0.25, -0.2) is 4.98 Å². The van der Waals surface area contributed by atoms with Gasteiger partial charge in [-0.3, -0.25) is 9.59 Å². The van der Waals surface area contributed by atoms with Crippen LogP contribution in [0.4, 0.5) is 11.5 Å². The molecule has 2 N–H and O–H groups in total. The van der Waals surface area contributed by atoms with Crippen molar-refractivity contribution in [1.82, 2.24) is 9.88 Å². The molecule has 7 heteroatoms. The van der Waals surface area contributed by atoms with Gasteiger partial charge in [-0.15, -0.1) is 0 Å². The quantitative estimate of drug-likeness (QED) is 0.840. The Morgan fingerprint density at radius 2 is 1.77 bits per heavy atom. The zero-order chi connectivity index (χ0) is 21.3. The Morgan fingerprint density at radius 3 is 2.43 bits per heavy atom. The summed E-state index contributed by atoms with van der Waals surface area (Å²) in [5, 5.41) is 0. The third-order valence-corrected chi connectivity index (χ3v) is 6.07. The summed E-state index contributed by atoms with van der Waals surface area (Å²) in [6.45, 7) is 6.39. The number of fused-ring (bicyclic) bond motifs is 1. The number of nitrogens with zero attached hydrogens (tertiary/aromatic N) is 3. The van der Waals surface area contributed by atoms with Crippen molar-refractivity contribution in [3.63, 3.8) is 0 Å². The number of primary amides is 1. The van der Waals surface area contributed by atoms with Gasteiger partial charge in [-0.05, 0) is 56.9 Å². The number of hydrogen-bond acceptors (Lipinski definition) is 5. The topological polar surface area (TPSA) is 88.8 Å². The van der Waals surface area contributed by atoms with Crippen molar-refractivity contribution in [2.75, 3.05) is 31.1 Å². The molecule has 2 aliphatic heterocycles. The molecule has 3 heterocycles. The molecular weight excluding hydrogens is 380 g/mol. The molecule has 0 spiro atoms. The molecule has 0 atom stereocenters. The smallest absolute Gasteiger partial charge is 0.255 e. The third-order valence-electron chi connectivity index (χ3n) is 6.07. The highest BCUT2D eigenvalue weighted by molar-refractivity contribution is 5.95. The van der Waals surface area contributed by atoms with E-state index < -0.39 is 5.41 Å². The van der Waals surface area contributed by atoms with Gasteiger partial charge in [0.05, 0.1) is 17.5 Å². The van der Waals surface area contributed by atoms with Crippen LogP contribution < -0.4 is 15.4 Å². The Kier molecular flexibility index (Phi) is 5.37. The molecule has 0 bridgehead atoms. The van der Waals surface area contributed by atoms with Crippen LogP contribution in [0.5, 0.6) is 5.75 Å². The van der Waals surface area contributed by atoms with E-state index >= 15 is 0 Å². The molecule has 2 aromatic rings. The minimum absolute atomic E-state index is 0.0174. The molecule has 0 saturated carbocycles. The number of anilines is 2. The average molecular weight is 409 g/mol. The van der Waals surface area contributed by atoms with Crippen molar-refractivity contribution < 1.29 is 14.3 Å². The summed E-state index contributed by atoms with van der Waals surface area (Å²) in [7, 11) is 0. The molecule has 7 nitrogen and oxygen atoms in total. The molecule has 4 rings (SSSR count). The van der Waals surface area contributed by atoms with Gasteiger partial charge in [0.25, 0.3) is 5.91 Å². The maximum atomic E-state index is 12.8. The predicted octanol–water partition coefficient (Wildman–Crippen LogP) is 3.00. The predicted molar refractivity (Wildman–Crippen MR) is 115 cm³/mol. The lowest BCUT2D eigenvalue weighted by Crippen LogP contribution is -2.36. The first kappa shape index (κ1) is 20.2. The molecule has 1 saturated heterocycles. The lowest BCUT2D eigenvalue weighted by molar-refractivity contribution is -0.122. The van der Waals surface area contributed by atoms with Crippen LogP contribution in [0.15, 0.2) is 36.5 Å². The largest absolute Gasteiger partial charge is 0.488 e. The number of carbonyl (C=O) groups is 2. The first-order valence-electron chi connectivity index (χ1n) is 10.5. The highest BCUT2D eigenvalue weighted by Crippen LogP contribution is 2.36. The van der Waals surface area contributed by atoms with E-state index in [0.717, 1.165) is 37.2 Å². The van der Waals surface area contributed by atoms with Gasteiger partial charge in [0.1, 0.15) is 6.61 Å². The molecule has 2 aliphatic rings. The van der Waals surface area contributed by atoms with Crippen LogP contribution >= 0.6 is 0 Å². The van der Waals surface area contributed by atoms with E-state index in [9.17, 15) is 9.59 Å². The lowest BCUT2D eigenvalue weighted by Gasteiger charge is -2.31. The van der Waals surface area contributed by atoms with Gasteiger partial charge in [-0.2, -0.15) is 0 Å². The van der Waals surface area contributed by atoms with Crippen molar-refractivity contribution in [3.05, 3.63) is 47.7 Å². The second kappa shape index (κ2) is 7.97. The Morgan fingerprint density at radius 1 is 1.07 bits per heavy atom. The lowest BCUT2D eigenvalue weighted by atomic mass is 9.84. The van der Waals surface area contributed by atoms with Crippen LogP contribution in [0.25, 0.3) is 0 Å². The second-order valence-electron chi connectivity index (χ2n) is 8.43. The molecule has 1 aromatic heterocycles. The summed E-state index contributed by atoms with van der Waals surface area (Å²) in [6, 6.07) is 9.57. The van der Waals surface area contributed by atoms with Crippen LogP contribution in [0.1, 0.15) is 49.0 Å². The van der Waals surface area contributed by atoms with Gasteiger partial charge in [0, 0.05) is 25.0 Å². The van der Waals surface area contributed by atoms with E-state index in [2.05, 4.69) is 9.88 Å². The Balaban J connectivity index is 1.58. The first-order valence-corrected chi connectivity index (χ1v) is 10.5. The number of benzene rings is 1. The van der Waals surface area contributed by atoms with Crippen LogP contribution in [-0.4, -0.2) is 47.9 Å². The number of nitrogens with two attached hydrogens (primary N) is 1. The molecule has 158 valence electrons.